The van der Waals surface area contributed by atoms with E-state index in [0.29, 0.717) is 12.8 Å². The van der Waals surface area contributed by atoms with Crippen molar-refractivity contribution in [1.82, 2.24) is 9.62 Å². The van der Waals surface area contributed by atoms with Crippen molar-refractivity contribution >= 4 is 21.8 Å². The van der Waals surface area contributed by atoms with Crippen LogP contribution < -0.4 is 5.32 Å². The molecule has 0 radical (unpaired) electrons. The van der Waals surface area contributed by atoms with Crippen molar-refractivity contribution in [2.45, 2.75) is 56.7 Å². The predicted octanol–water partition coefficient (Wildman–Crippen LogP) is 0.386. The Morgan fingerprint density at radius 1 is 1.16 bits per heavy atom. The van der Waals surface area contributed by atoms with Crippen LogP contribution in [0.3, 0.4) is 0 Å². The van der Waals surface area contributed by atoms with Crippen LogP contribution in [0.5, 0.6) is 0 Å². The maximum atomic E-state index is 12.6. The van der Waals surface area contributed by atoms with Crippen molar-refractivity contribution in [1.29, 1.82) is 0 Å². The van der Waals surface area contributed by atoms with Crippen molar-refractivity contribution < 1.29 is 18.0 Å². The normalized spacial score (nSPS) is 26.2. The molecule has 0 bridgehead atoms. The van der Waals surface area contributed by atoms with Crippen molar-refractivity contribution in [3.05, 3.63) is 0 Å². The first-order valence-electron chi connectivity index (χ1n) is 6.62. The fraction of sp³-hybridized carbons (Fsp3) is 0.833. The van der Waals surface area contributed by atoms with Gasteiger partial charge in [0.15, 0.2) is 0 Å². The van der Waals surface area contributed by atoms with Gasteiger partial charge in [-0.15, -0.1) is 0 Å². The largest absolute Gasteiger partial charge is 0.294 e. The van der Waals surface area contributed by atoms with Crippen LogP contribution in [-0.4, -0.2) is 41.9 Å². The summed E-state index contributed by atoms with van der Waals surface area (Å²) in [6.07, 6.45) is 4.06. The summed E-state index contributed by atoms with van der Waals surface area (Å²) in [4.78, 5) is 23.3. The third kappa shape index (κ3) is 2.53. The summed E-state index contributed by atoms with van der Waals surface area (Å²) in [5, 5.41) is 1.73. The molecule has 1 N–H and O–H groups in total. The second kappa shape index (κ2) is 4.86. The van der Waals surface area contributed by atoms with Gasteiger partial charge >= 0.3 is 0 Å². The minimum atomic E-state index is -3.61. The molecule has 7 heteroatoms. The van der Waals surface area contributed by atoms with E-state index in [1.807, 2.05) is 0 Å². The molecule has 2 fully saturated rings. The van der Waals surface area contributed by atoms with E-state index in [0.717, 1.165) is 23.6 Å². The standard InChI is InChI=1S/C12H20N2O4S/c1-12(2)11(16)13-10(15)8-14(12)19(17,18)9-6-4-3-5-7-9/h9H,3-8H2,1-2H3,(H,13,15,16). The smallest absolute Gasteiger partial charge is 0.247 e. The summed E-state index contributed by atoms with van der Waals surface area (Å²) in [5.41, 5.74) is -1.20. The van der Waals surface area contributed by atoms with Gasteiger partial charge < -0.3 is 0 Å². The van der Waals surface area contributed by atoms with E-state index >= 15 is 0 Å². The van der Waals surface area contributed by atoms with E-state index in [1.165, 1.54) is 13.8 Å². The van der Waals surface area contributed by atoms with E-state index in [-0.39, 0.29) is 6.54 Å². The highest BCUT2D eigenvalue weighted by Gasteiger charge is 2.49. The Kier molecular flexibility index (Phi) is 3.70. The lowest BCUT2D eigenvalue weighted by Crippen LogP contribution is -2.66. The van der Waals surface area contributed by atoms with Crippen molar-refractivity contribution in [2.75, 3.05) is 6.54 Å². The molecule has 1 aliphatic heterocycles. The molecule has 0 aromatic carbocycles. The van der Waals surface area contributed by atoms with Gasteiger partial charge in [0.05, 0.1) is 11.8 Å². The van der Waals surface area contributed by atoms with E-state index in [2.05, 4.69) is 5.32 Å². The Balaban J connectivity index is 2.31. The number of piperazine rings is 1. The van der Waals surface area contributed by atoms with Crippen LogP contribution in [0.15, 0.2) is 0 Å². The number of imide groups is 1. The maximum absolute atomic E-state index is 12.6. The molecule has 0 atom stereocenters. The van der Waals surface area contributed by atoms with E-state index in [4.69, 9.17) is 0 Å². The molecule has 0 spiro atoms. The highest BCUT2D eigenvalue weighted by atomic mass is 32.2. The minimum Gasteiger partial charge on any atom is -0.294 e. The average molecular weight is 288 g/mol. The number of hydrogen-bond donors (Lipinski definition) is 1. The number of carbonyl (C=O) groups excluding carboxylic acids is 2. The van der Waals surface area contributed by atoms with E-state index in [1.54, 1.807) is 0 Å². The Hall–Kier alpha value is -0.950. The Labute approximate surface area is 113 Å². The van der Waals surface area contributed by atoms with Crippen LogP contribution in [0.2, 0.25) is 0 Å². The van der Waals surface area contributed by atoms with Crippen LogP contribution >= 0.6 is 0 Å². The van der Waals surface area contributed by atoms with Crippen LogP contribution in [0.4, 0.5) is 0 Å². The summed E-state index contributed by atoms with van der Waals surface area (Å²) in [5.74, 6) is -1.10. The van der Waals surface area contributed by atoms with Crippen molar-refractivity contribution in [3.63, 3.8) is 0 Å². The van der Waals surface area contributed by atoms with Crippen LogP contribution in [0, 0.1) is 0 Å². The van der Waals surface area contributed by atoms with Crippen LogP contribution in [-0.2, 0) is 19.6 Å². The number of nitrogens with one attached hydrogen (secondary N) is 1. The zero-order chi connectivity index (χ0) is 14.3. The first kappa shape index (κ1) is 14.5. The molecule has 2 rings (SSSR count). The van der Waals surface area contributed by atoms with E-state index < -0.39 is 32.6 Å². The lowest BCUT2D eigenvalue weighted by molar-refractivity contribution is -0.141. The van der Waals surface area contributed by atoms with Crippen LogP contribution in [0.1, 0.15) is 46.0 Å². The van der Waals surface area contributed by atoms with E-state index in [9.17, 15) is 18.0 Å². The summed E-state index contributed by atoms with van der Waals surface area (Å²) in [6, 6.07) is 0. The Morgan fingerprint density at radius 3 is 2.32 bits per heavy atom. The molecule has 1 heterocycles. The highest BCUT2D eigenvalue weighted by molar-refractivity contribution is 7.89. The third-order valence-electron chi connectivity index (χ3n) is 4.00. The van der Waals surface area contributed by atoms with Gasteiger partial charge in [-0.2, -0.15) is 4.31 Å². The number of carbonyl (C=O) groups is 2. The topological polar surface area (TPSA) is 83.6 Å². The second-order valence-electron chi connectivity index (χ2n) is 5.75. The highest BCUT2D eigenvalue weighted by Crippen LogP contribution is 2.31. The van der Waals surface area contributed by atoms with Gasteiger partial charge in [-0.3, -0.25) is 14.9 Å². The maximum Gasteiger partial charge on any atom is 0.247 e. The lowest BCUT2D eigenvalue weighted by atomic mass is 10.0. The molecule has 1 aliphatic carbocycles. The SMILES string of the molecule is CC1(C)C(=O)NC(=O)CN1S(=O)(=O)C1CCCCC1. The van der Waals surface area contributed by atoms with Crippen molar-refractivity contribution in [2.24, 2.45) is 0 Å². The molecule has 0 aromatic rings. The van der Waals surface area contributed by atoms with Gasteiger partial charge in [0, 0.05) is 0 Å². The Bertz CT molecular complexity index is 492. The number of sulfonamides is 1. The molecule has 6 nitrogen and oxygen atoms in total. The van der Waals surface area contributed by atoms with Crippen molar-refractivity contribution in [3.8, 4) is 0 Å². The number of hydrogen-bond acceptors (Lipinski definition) is 4. The van der Waals surface area contributed by atoms with Gasteiger partial charge in [-0.1, -0.05) is 19.3 Å². The van der Waals surface area contributed by atoms with Gasteiger partial charge in [0.2, 0.25) is 21.8 Å². The fourth-order valence-electron chi connectivity index (χ4n) is 2.71. The molecule has 0 aromatic heterocycles. The molecule has 0 unspecified atom stereocenters. The van der Waals surface area contributed by atoms with Crippen LogP contribution in [0.25, 0.3) is 0 Å². The third-order valence-corrected chi connectivity index (χ3v) is 6.51. The summed E-state index contributed by atoms with van der Waals surface area (Å²) in [6.45, 7) is 2.81. The molecule has 1 saturated carbocycles. The van der Waals surface area contributed by atoms with Gasteiger partial charge in [-0.05, 0) is 26.7 Å². The predicted molar refractivity (Wildman–Crippen MR) is 69.7 cm³/mol. The molecular weight excluding hydrogens is 268 g/mol. The molecule has 19 heavy (non-hydrogen) atoms. The summed E-state index contributed by atoms with van der Waals surface area (Å²) in [7, 11) is -3.61. The second-order valence-corrected chi connectivity index (χ2v) is 7.89. The van der Waals surface area contributed by atoms with Gasteiger partial charge in [-0.25, -0.2) is 8.42 Å². The molecule has 2 aliphatic rings. The molecule has 108 valence electrons. The average Bonchev–Trinajstić information content (AvgIpc) is 2.35. The quantitative estimate of drug-likeness (QED) is 0.745. The first-order chi connectivity index (χ1) is 8.76. The molecule has 1 saturated heterocycles. The zero-order valence-electron chi connectivity index (χ0n) is 11.3. The first-order valence-corrected chi connectivity index (χ1v) is 8.12. The minimum absolute atomic E-state index is 0.266. The van der Waals surface area contributed by atoms with Gasteiger partial charge in [0.25, 0.3) is 0 Å². The fourth-order valence-corrected chi connectivity index (χ4v) is 5.02. The number of amides is 2. The van der Waals surface area contributed by atoms with Gasteiger partial charge in [0.1, 0.15) is 5.54 Å². The monoisotopic (exact) mass is 288 g/mol. The summed E-state index contributed by atoms with van der Waals surface area (Å²) >= 11 is 0. The lowest BCUT2D eigenvalue weighted by Gasteiger charge is -2.41. The molecular formula is C12H20N2O4S. The Morgan fingerprint density at radius 2 is 1.74 bits per heavy atom. The zero-order valence-corrected chi connectivity index (χ0v) is 12.1. The molecule has 2 amide bonds. The number of rotatable bonds is 2. The summed E-state index contributed by atoms with van der Waals surface area (Å²) < 4.78 is 26.4. The number of nitrogens with zero attached hydrogens (tertiary/aromatic N) is 1.